The van der Waals surface area contributed by atoms with E-state index in [9.17, 15) is 4.79 Å². The maximum Gasteiger partial charge on any atom is 0.245 e. The van der Waals surface area contributed by atoms with E-state index in [1.807, 2.05) is 24.3 Å². The van der Waals surface area contributed by atoms with Crippen LogP contribution in [-0.4, -0.2) is 24.7 Å². The predicted molar refractivity (Wildman–Crippen MR) is 79.0 cm³/mol. The van der Waals surface area contributed by atoms with Crippen LogP contribution in [-0.2, 0) is 9.53 Å². The summed E-state index contributed by atoms with van der Waals surface area (Å²) in [5.74, 6) is -0.345. The van der Waals surface area contributed by atoms with Crippen LogP contribution in [0.15, 0.2) is 28.7 Å². The van der Waals surface area contributed by atoms with Crippen molar-refractivity contribution >= 4 is 27.5 Å². The molecule has 3 N–H and O–H groups in total. The number of nitrogens with two attached hydrogens (primary N) is 1. The third-order valence-electron chi connectivity index (χ3n) is 3.77. The van der Waals surface area contributed by atoms with Crippen LogP contribution >= 0.6 is 15.9 Å². The topological polar surface area (TPSA) is 64.3 Å². The fourth-order valence-corrected chi connectivity index (χ4v) is 3.00. The summed E-state index contributed by atoms with van der Waals surface area (Å²) in [6.45, 7) is 0. The summed E-state index contributed by atoms with van der Waals surface area (Å²) in [6.07, 6.45) is 3.42. The highest BCUT2D eigenvalue weighted by Crippen LogP contribution is 2.34. The number of hydrogen-bond donors (Lipinski definition) is 2. The molecule has 2 rings (SSSR count). The van der Waals surface area contributed by atoms with Gasteiger partial charge in [-0.15, -0.1) is 0 Å². The zero-order valence-electron chi connectivity index (χ0n) is 11.0. The second-order valence-corrected chi connectivity index (χ2v) is 5.85. The Morgan fingerprint density at radius 2 is 2.11 bits per heavy atom. The van der Waals surface area contributed by atoms with E-state index in [1.165, 1.54) is 0 Å². The average molecular weight is 327 g/mol. The van der Waals surface area contributed by atoms with E-state index in [0.717, 1.165) is 29.4 Å². The number of ether oxygens (including phenoxy) is 1. The van der Waals surface area contributed by atoms with Crippen molar-refractivity contribution < 1.29 is 9.53 Å². The Morgan fingerprint density at radius 1 is 1.42 bits per heavy atom. The van der Waals surface area contributed by atoms with Gasteiger partial charge in [-0.05, 0) is 37.1 Å². The van der Waals surface area contributed by atoms with Crippen LogP contribution in [0.1, 0.15) is 25.7 Å². The molecule has 2 atom stereocenters. The number of amides is 1. The predicted octanol–water partition coefficient (Wildman–Crippen LogP) is 2.67. The Labute approximate surface area is 121 Å². The van der Waals surface area contributed by atoms with E-state index >= 15 is 0 Å². The number of carbonyl (C=O) groups is 1. The summed E-state index contributed by atoms with van der Waals surface area (Å²) in [5, 5.41) is 3.30. The summed E-state index contributed by atoms with van der Waals surface area (Å²) >= 11 is 3.39. The molecule has 0 saturated heterocycles. The molecule has 1 saturated carbocycles. The van der Waals surface area contributed by atoms with E-state index < -0.39 is 5.54 Å². The van der Waals surface area contributed by atoms with E-state index in [2.05, 4.69) is 21.2 Å². The normalized spacial score (nSPS) is 26.9. The zero-order valence-corrected chi connectivity index (χ0v) is 12.6. The SMILES string of the molecule is COC1CCCCC1(Nc1ccc(Br)cc1)C(N)=O. The first kappa shape index (κ1) is 14.3. The quantitative estimate of drug-likeness (QED) is 0.894. The molecule has 1 fully saturated rings. The average Bonchev–Trinajstić information content (AvgIpc) is 2.41. The lowest BCUT2D eigenvalue weighted by Crippen LogP contribution is -2.60. The molecule has 0 aliphatic heterocycles. The number of anilines is 1. The Kier molecular flexibility index (Phi) is 4.47. The molecule has 1 aliphatic carbocycles. The van der Waals surface area contributed by atoms with E-state index in [0.29, 0.717) is 6.42 Å². The second kappa shape index (κ2) is 5.92. The third kappa shape index (κ3) is 2.92. The van der Waals surface area contributed by atoms with Gasteiger partial charge in [-0.2, -0.15) is 0 Å². The molecule has 1 aromatic rings. The fraction of sp³-hybridized carbons (Fsp3) is 0.500. The van der Waals surface area contributed by atoms with Crippen LogP contribution in [0.3, 0.4) is 0 Å². The van der Waals surface area contributed by atoms with Gasteiger partial charge in [-0.1, -0.05) is 28.8 Å². The molecule has 4 nitrogen and oxygen atoms in total. The van der Waals surface area contributed by atoms with Gasteiger partial charge in [-0.3, -0.25) is 4.79 Å². The maximum absolute atomic E-state index is 12.0. The molecular weight excluding hydrogens is 308 g/mol. The van der Waals surface area contributed by atoms with Gasteiger partial charge >= 0.3 is 0 Å². The first-order chi connectivity index (χ1) is 9.08. The lowest BCUT2D eigenvalue weighted by molar-refractivity contribution is -0.129. The molecule has 0 spiro atoms. The van der Waals surface area contributed by atoms with Crippen LogP contribution in [0.4, 0.5) is 5.69 Å². The molecule has 1 amide bonds. The Bertz CT molecular complexity index is 449. The van der Waals surface area contributed by atoms with E-state index in [-0.39, 0.29) is 12.0 Å². The van der Waals surface area contributed by atoms with Crippen molar-refractivity contribution in [2.45, 2.75) is 37.3 Å². The standard InChI is InChI=1S/C14H19BrN2O2/c1-19-12-4-2-3-9-14(12,13(16)18)17-11-7-5-10(15)6-8-11/h5-8,12,17H,2-4,9H2,1H3,(H2,16,18). The van der Waals surface area contributed by atoms with Gasteiger partial charge in [0.1, 0.15) is 5.54 Å². The van der Waals surface area contributed by atoms with Crippen molar-refractivity contribution in [1.82, 2.24) is 0 Å². The number of primary amides is 1. The second-order valence-electron chi connectivity index (χ2n) is 4.94. The number of rotatable bonds is 4. The van der Waals surface area contributed by atoms with Crippen LogP contribution in [0.2, 0.25) is 0 Å². The van der Waals surface area contributed by atoms with Crippen LogP contribution < -0.4 is 11.1 Å². The smallest absolute Gasteiger partial charge is 0.245 e. The van der Waals surface area contributed by atoms with Gasteiger partial charge in [0, 0.05) is 17.3 Å². The molecule has 0 aromatic heterocycles. The molecule has 0 bridgehead atoms. The number of benzene rings is 1. The Hall–Kier alpha value is -1.07. The monoisotopic (exact) mass is 326 g/mol. The highest BCUT2D eigenvalue weighted by Gasteiger charge is 2.46. The fourth-order valence-electron chi connectivity index (χ4n) is 2.74. The summed E-state index contributed by atoms with van der Waals surface area (Å²) in [6, 6.07) is 7.72. The zero-order chi connectivity index (χ0) is 13.9. The first-order valence-electron chi connectivity index (χ1n) is 6.45. The molecule has 19 heavy (non-hydrogen) atoms. The van der Waals surface area contributed by atoms with Crippen molar-refractivity contribution in [2.24, 2.45) is 5.73 Å². The van der Waals surface area contributed by atoms with Crippen molar-refractivity contribution in [3.05, 3.63) is 28.7 Å². The maximum atomic E-state index is 12.0. The minimum Gasteiger partial charge on any atom is -0.378 e. The lowest BCUT2D eigenvalue weighted by atomic mass is 9.78. The Morgan fingerprint density at radius 3 is 2.68 bits per heavy atom. The molecular formula is C14H19BrN2O2. The summed E-state index contributed by atoms with van der Waals surface area (Å²) in [5.41, 5.74) is 5.73. The summed E-state index contributed by atoms with van der Waals surface area (Å²) in [7, 11) is 1.64. The Balaban J connectivity index is 2.28. The number of hydrogen-bond acceptors (Lipinski definition) is 3. The van der Waals surface area contributed by atoms with Gasteiger partial charge in [0.25, 0.3) is 0 Å². The third-order valence-corrected chi connectivity index (χ3v) is 4.30. The van der Waals surface area contributed by atoms with Crippen LogP contribution in [0, 0.1) is 0 Å². The van der Waals surface area contributed by atoms with Crippen molar-refractivity contribution in [2.75, 3.05) is 12.4 Å². The van der Waals surface area contributed by atoms with Gasteiger partial charge in [0.2, 0.25) is 5.91 Å². The molecule has 5 heteroatoms. The van der Waals surface area contributed by atoms with Gasteiger partial charge in [-0.25, -0.2) is 0 Å². The highest BCUT2D eigenvalue weighted by atomic mass is 79.9. The van der Waals surface area contributed by atoms with Crippen molar-refractivity contribution in [3.8, 4) is 0 Å². The van der Waals surface area contributed by atoms with Crippen LogP contribution in [0.25, 0.3) is 0 Å². The number of halogens is 1. The lowest BCUT2D eigenvalue weighted by Gasteiger charge is -2.42. The van der Waals surface area contributed by atoms with Crippen molar-refractivity contribution in [1.29, 1.82) is 0 Å². The van der Waals surface area contributed by atoms with Gasteiger partial charge in [0.05, 0.1) is 6.10 Å². The van der Waals surface area contributed by atoms with E-state index in [1.54, 1.807) is 7.11 Å². The largest absolute Gasteiger partial charge is 0.378 e. The number of carbonyl (C=O) groups excluding carboxylic acids is 1. The summed E-state index contributed by atoms with van der Waals surface area (Å²) in [4.78, 5) is 12.0. The molecule has 104 valence electrons. The number of methoxy groups -OCH3 is 1. The van der Waals surface area contributed by atoms with Crippen molar-refractivity contribution in [3.63, 3.8) is 0 Å². The highest BCUT2D eigenvalue weighted by molar-refractivity contribution is 9.10. The molecule has 0 heterocycles. The first-order valence-corrected chi connectivity index (χ1v) is 7.24. The number of nitrogens with one attached hydrogen (secondary N) is 1. The van der Waals surface area contributed by atoms with E-state index in [4.69, 9.17) is 10.5 Å². The van der Waals surface area contributed by atoms with Gasteiger partial charge in [0.15, 0.2) is 0 Å². The minimum absolute atomic E-state index is 0.178. The molecule has 2 unspecified atom stereocenters. The molecule has 1 aliphatic rings. The molecule has 1 aromatic carbocycles. The van der Waals surface area contributed by atoms with Crippen LogP contribution in [0.5, 0.6) is 0 Å². The minimum atomic E-state index is -0.805. The molecule has 0 radical (unpaired) electrons. The van der Waals surface area contributed by atoms with Gasteiger partial charge < -0.3 is 15.8 Å². The summed E-state index contributed by atoms with van der Waals surface area (Å²) < 4.78 is 6.49.